The Hall–Kier alpha value is -2.37. The molecular formula is C23H13Br2Cl2FN2O2. The lowest BCUT2D eigenvalue weighted by Gasteiger charge is -2.12. The number of rotatable bonds is 6. The molecule has 3 aromatic carbocycles. The molecule has 9 heteroatoms. The van der Waals surface area contributed by atoms with Crippen molar-refractivity contribution in [1.29, 1.82) is 5.26 Å². The maximum atomic E-state index is 13.8. The fourth-order valence-corrected chi connectivity index (χ4v) is 4.40. The second kappa shape index (κ2) is 11.0. The smallest absolute Gasteiger partial charge is 0.266 e. The zero-order valence-electron chi connectivity index (χ0n) is 16.1. The molecule has 0 saturated carbocycles. The van der Waals surface area contributed by atoms with Crippen LogP contribution in [0.4, 0.5) is 10.1 Å². The molecule has 3 aromatic rings. The molecule has 0 atom stereocenters. The molecule has 32 heavy (non-hydrogen) atoms. The Kier molecular flexibility index (Phi) is 8.32. The molecule has 0 aliphatic carbocycles. The van der Waals surface area contributed by atoms with Gasteiger partial charge in [-0.25, -0.2) is 4.39 Å². The van der Waals surface area contributed by atoms with Crippen molar-refractivity contribution in [1.82, 2.24) is 0 Å². The third-order valence-electron chi connectivity index (χ3n) is 4.20. The van der Waals surface area contributed by atoms with E-state index in [4.69, 9.17) is 27.9 Å². The molecule has 0 saturated heterocycles. The Morgan fingerprint density at radius 1 is 1.09 bits per heavy atom. The second-order valence-corrected chi connectivity index (χ2v) is 8.97. The average molecular weight is 599 g/mol. The van der Waals surface area contributed by atoms with E-state index < -0.39 is 5.91 Å². The quantitative estimate of drug-likeness (QED) is 0.233. The Labute approximate surface area is 210 Å². The van der Waals surface area contributed by atoms with Crippen molar-refractivity contribution >= 4 is 72.7 Å². The predicted octanol–water partition coefficient (Wildman–Crippen LogP) is 7.78. The van der Waals surface area contributed by atoms with Gasteiger partial charge in [-0.3, -0.25) is 4.79 Å². The van der Waals surface area contributed by atoms with Crippen molar-refractivity contribution in [2.45, 2.75) is 6.61 Å². The van der Waals surface area contributed by atoms with Gasteiger partial charge in [0.05, 0.1) is 19.0 Å². The first-order valence-corrected chi connectivity index (χ1v) is 11.4. The number of anilines is 1. The summed E-state index contributed by atoms with van der Waals surface area (Å²) in [7, 11) is 0. The predicted molar refractivity (Wildman–Crippen MR) is 131 cm³/mol. The number of hydrogen-bond acceptors (Lipinski definition) is 3. The van der Waals surface area contributed by atoms with Gasteiger partial charge in [0.2, 0.25) is 0 Å². The number of halogens is 5. The minimum Gasteiger partial charge on any atom is -0.486 e. The van der Waals surface area contributed by atoms with Crippen LogP contribution in [0.3, 0.4) is 0 Å². The molecule has 0 unspecified atom stereocenters. The molecule has 4 nitrogen and oxygen atoms in total. The summed E-state index contributed by atoms with van der Waals surface area (Å²) in [6.07, 6.45) is 1.43. The highest BCUT2D eigenvalue weighted by molar-refractivity contribution is 9.11. The Bertz CT molecular complexity index is 1240. The maximum Gasteiger partial charge on any atom is 0.266 e. The van der Waals surface area contributed by atoms with Gasteiger partial charge in [-0.2, -0.15) is 5.26 Å². The van der Waals surface area contributed by atoms with Crippen molar-refractivity contribution in [2.24, 2.45) is 0 Å². The second-order valence-electron chi connectivity index (χ2n) is 6.45. The van der Waals surface area contributed by atoms with Crippen LogP contribution in [-0.2, 0) is 11.4 Å². The number of carbonyl (C=O) groups is 1. The number of carbonyl (C=O) groups excluding carboxylic acids is 1. The van der Waals surface area contributed by atoms with Gasteiger partial charge in [-0.15, -0.1) is 0 Å². The molecule has 0 fully saturated rings. The SMILES string of the molecule is N#C/C(=C\c1cc(Br)c(OCc2ccccc2F)c(Br)c1)C(=O)Nc1ccc(Cl)c(Cl)c1. The lowest BCUT2D eigenvalue weighted by Crippen LogP contribution is -2.13. The molecule has 162 valence electrons. The fourth-order valence-electron chi connectivity index (χ4n) is 2.65. The van der Waals surface area contributed by atoms with Gasteiger partial charge in [0.1, 0.15) is 29.8 Å². The Morgan fingerprint density at radius 2 is 1.78 bits per heavy atom. The summed E-state index contributed by atoms with van der Waals surface area (Å²) in [5.41, 5.74) is 1.28. The molecule has 0 radical (unpaired) electrons. The molecule has 0 aliphatic rings. The first-order valence-electron chi connectivity index (χ1n) is 9.02. The number of nitriles is 1. The number of amides is 1. The summed E-state index contributed by atoms with van der Waals surface area (Å²) < 4.78 is 20.7. The molecule has 1 N–H and O–H groups in total. The monoisotopic (exact) mass is 596 g/mol. The van der Waals surface area contributed by atoms with Crippen molar-refractivity contribution in [3.8, 4) is 11.8 Å². The summed E-state index contributed by atoms with van der Waals surface area (Å²) >= 11 is 18.7. The van der Waals surface area contributed by atoms with Crippen LogP contribution < -0.4 is 10.1 Å². The topological polar surface area (TPSA) is 62.1 Å². The lowest BCUT2D eigenvalue weighted by atomic mass is 10.1. The number of hydrogen-bond donors (Lipinski definition) is 1. The van der Waals surface area contributed by atoms with Crippen LogP contribution in [0.5, 0.6) is 5.75 Å². The highest BCUT2D eigenvalue weighted by Gasteiger charge is 2.14. The molecule has 0 bridgehead atoms. The third-order valence-corrected chi connectivity index (χ3v) is 6.12. The summed E-state index contributed by atoms with van der Waals surface area (Å²) in [6.45, 7) is 0.0363. The summed E-state index contributed by atoms with van der Waals surface area (Å²) in [4.78, 5) is 12.5. The Morgan fingerprint density at radius 3 is 2.41 bits per heavy atom. The van der Waals surface area contributed by atoms with Crippen LogP contribution in [0.25, 0.3) is 6.08 Å². The maximum absolute atomic E-state index is 13.8. The summed E-state index contributed by atoms with van der Waals surface area (Å²) in [5.74, 6) is -0.492. The number of ether oxygens (including phenoxy) is 1. The molecule has 0 aliphatic heterocycles. The van der Waals surface area contributed by atoms with Crippen LogP contribution in [0, 0.1) is 17.1 Å². The van der Waals surface area contributed by atoms with Crippen molar-refractivity contribution in [3.63, 3.8) is 0 Å². The molecule has 1 amide bonds. The summed E-state index contributed by atoms with van der Waals surface area (Å²) in [5, 5.41) is 12.7. The van der Waals surface area contributed by atoms with Gasteiger partial charge in [-0.05, 0) is 79.9 Å². The van der Waals surface area contributed by atoms with Crippen LogP contribution in [0.15, 0.2) is 69.1 Å². The molecule has 3 rings (SSSR count). The van der Waals surface area contributed by atoms with E-state index in [0.717, 1.165) is 0 Å². The minimum absolute atomic E-state index is 0.0363. The summed E-state index contributed by atoms with van der Waals surface area (Å²) in [6, 6.07) is 16.2. The van der Waals surface area contributed by atoms with Gasteiger partial charge in [0.25, 0.3) is 5.91 Å². The van der Waals surface area contributed by atoms with Gasteiger partial charge >= 0.3 is 0 Å². The van der Waals surface area contributed by atoms with E-state index in [9.17, 15) is 14.4 Å². The van der Waals surface area contributed by atoms with Gasteiger partial charge < -0.3 is 10.1 Å². The molecule has 0 spiro atoms. The number of benzene rings is 3. The van der Waals surface area contributed by atoms with Crippen LogP contribution in [-0.4, -0.2) is 5.91 Å². The molecule has 0 heterocycles. The molecule has 0 aromatic heterocycles. The van der Waals surface area contributed by atoms with E-state index in [2.05, 4.69) is 37.2 Å². The molecular weight excluding hydrogens is 586 g/mol. The Balaban J connectivity index is 1.78. The van der Waals surface area contributed by atoms with Crippen molar-refractivity contribution in [2.75, 3.05) is 5.32 Å². The van der Waals surface area contributed by atoms with E-state index in [0.29, 0.717) is 36.5 Å². The van der Waals surface area contributed by atoms with Crippen molar-refractivity contribution < 1.29 is 13.9 Å². The average Bonchev–Trinajstić information content (AvgIpc) is 2.75. The lowest BCUT2D eigenvalue weighted by molar-refractivity contribution is -0.112. The van der Waals surface area contributed by atoms with E-state index in [-0.39, 0.29) is 23.0 Å². The van der Waals surface area contributed by atoms with Crippen LogP contribution in [0.2, 0.25) is 10.0 Å². The van der Waals surface area contributed by atoms with E-state index in [1.54, 1.807) is 42.5 Å². The van der Waals surface area contributed by atoms with Gasteiger partial charge in [0, 0.05) is 11.3 Å². The highest BCUT2D eigenvalue weighted by atomic mass is 79.9. The third kappa shape index (κ3) is 6.11. The normalized spacial score (nSPS) is 11.1. The number of nitrogens with one attached hydrogen (secondary N) is 1. The fraction of sp³-hybridized carbons (Fsp3) is 0.0435. The standard InChI is InChI=1S/C23H13Br2Cl2FN2O2/c24-17-8-13(9-18(25)22(17)32-12-14-3-1-2-4-21(14)28)7-15(11-29)23(31)30-16-5-6-19(26)20(27)10-16/h1-10H,12H2,(H,30,31)/b15-7+. The zero-order valence-corrected chi connectivity index (χ0v) is 20.8. The van der Waals surface area contributed by atoms with Crippen LogP contribution >= 0.6 is 55.1 Å². The first kappa shape index (κ1) is 24.3. The largest absolute Gasteiger partial charge is 0.486 e. The van der Waals surface area contributed by atoms with Gasteiger partial charge in [0.15, 0.2) is 0 Å². The van der Waals surface area contributed by atoms with Crippen molar-refractivity contribution in [3.05, 3.63) is 96.1 Å². The van der Waals surface area contributed by atoms with E-state index >= 15 is 0 Å². The van der Waals surface area contributed by atoms with E-state index in [1.807, 2.05) is 6.07 Å². The van der Waals surface area contributed by atoms with Crippen LogP contribution in [0.1, 0.15) is 11.1 Å². The van der Waals surface area contributed by atoms with Gasteiger partial charge in [-0.1, -0.05) is 41.4 Å². The minimum atomic E-state index is -0.599. The van der Waals surface area contributed by atoms with E-state index in [1.165, 1.54) is 18.2 Å². The zero-order chi connectivity index (χ0) is 23.3. The number of nitrogens with zero attached hydrogens (tertiary/aromatic N) is 1. The first-order chi connectivity index (χ1) is 15.3. The highest BCUT2D eigenvalue weighted by Crippen LogP contribution is 2.36.